The van der Waals surface area contributed by atoms with Crippen LogP contribution in [0.1, 0.15) is 22.3 Å². The molecular weight excluding hydrogens is 372 g/mol. The molecule has 0 aliphatic rings. The Morgan fingerprint density at radius 2 is 0.767 bits per heavy atom. The van der Waals surface area contributed by atoms with Crippen molar-refractivity contribution in [3.63, 3.8) is 0 Å². The van der Waals surface area contributed by atoms with Crippen molar-refractivity contribution in [2.45, 2.75) is 11.0 Å². The Bertz CT molecular complexity index is 1010. The van der Waals surface area contributed by atoms with Crippen molar-refractivity contribution in [3.05, 3.63) is 144 Å². The Morgan fingerprint density at radius 1 is 0.500 bits per heavy atom. The number of carboxylic acid groups (broad SMARTS) is 1. The van der Waals surface area contributed by atoms with Crippen LogP contribution in [0.4, 0.5) is 0 Å². The van der Waals surface area contributed by atoms with E-state index in [4.69, 9.17) is 0 Å². The summed E-state index contributed by atoms with van der Waals surface area (Å²) in [7, 11) is 0. The molecule has 0 saturated carbocycles. The molecule has 3 heteroatoms. The molecule has 4 aromatic rings. The molecule has 148 valence electrons. The molecular formula is C27H22O3. The lowest BCUT2D eigenvalue weighted by molar-refractivity contribution is -0.165. The summed E-state index contributed by atoms with van der Waals surface area (Å²) in [6.07, 6.45) is 0. The second kappa shape index (κ2) is 7.97. The third kappa shape index (κ3) is 2.92. The van der Waals surface area contributed by atoms with Gasteiger partial charge in [-0.15, -0.1) is 0 Å². The Balaban J connectivity index is 2.22. The standard InChI is InChI=1S/C27H22O3/c28-25(29)27(30,24-19-11-4-12-20-24)26(21-13-5-1-6-14-21,22-15-7-2-8-16-22)23-17-9-3-10-18-23/h1-20,30H,(H,28,29)/t27-/m0/s1. The van der Waals surface area contributed by atoms with Gasteiger partial charge in [0.15, 0.2) is 0 Å². The highest BCUT2D eigenvalue weighted by atomic mass is 16.4. The molecule has 0 aromatic heterocycles. The minimum absolute atomic E-state index is 0.314. The van der Waals surface area contributed by atoms with Crippen molar-refractivity contribution in [2.24, 2.45) is 0 Å². The SMILES string of the molecule is O=C(O)[C@@](O)(c1ccccc1)C(c1ccccc1)(c1ccccc1)c1ccccc1. The number of hydrogen-bond acceptors (Lipinski definition) is 2. The van der Waals surface area contributed by atoms with Crippen LogP contribution in [-0.2, 0) is 15.8 Å². The average molecular weight is 394 g/mol. The zero-order valence-corrected chi connectivity index (χ0v) is 16.3. The van der Waals surface area contributed by atoms with Gasteiger partial charge >= 0.3 is 5.97 Å². The molecule has 0 fully saturated rings. The van der Waals surface area contributed by atoms with Crippen molar-refractivity contribution in [1.29, 1.82) is 0 Å². The first-order chi connectivity index (χ1) is 14.6. The van der Waals surface area contributed by atoms with Crippen LogP contribution in [0.2, 0.25) is 0 Å². The van der Waals surface area contributed by atoms with Gasteiger partial charge < -0.3 is 10.2 Å². The van der Waals surface area contributed by atoms with Gasteiger partial charge in [-0.3, -0.25) is 0 Å². The van der Waals surface area contributed by atoms with Gasteiger partial charge in [-0.1, -0.05) is 121 Å². The predicted octanol–water partition coefficient (Wildman–Crippen LogP) is 4.99. The smallest absolute Gasteiger partial charge is 0.342 e. The van der Waals surface area contributed by atoms with Gasteiger partial charge in [0.05, 0.1) is 5.41 Å². The maximum absolute atomic E-state index is 12.9. The first-order valence-corrected chi connectivity index (χ1v) is 9.79. The van der Waals surface area contributed by atoms with Gasteiger partial charge in [0.25, 0.3) is 0 Å². The lowest BCUT2D eigenvalue weighted by Gasteiger charge is -2.46. The Kier molecular flexibility index (Phi) is 5.21. The highest BCUT2D eigenvalue weighted by molar-refractivity contribution is 5.85. The van der Waals surface area contributed by atoms with Crippen molar-refractivity contribution >= 4 is 5.97 Å². The van der Waals surface area contributed by atoms with E-state index in [0.29, 0.717) is 22.3 Å². The van der Waals surface area contributed by atoms with Crippen LogP contribution in [0, 0.1) is 0 Å². The topological polar surface area (TPSA) is 57.5 Å². The van der Waals surface area contributed by atoms with E-state index in [1.165, 1.54) is 0 Å². The van der Waals surface area contributed by atoms with Gasteiger partial charge in [-0.25, -0.2) is 4.79 Å². The van der Waals surface area contributed by atoms with E-state index in [2.05, 4.69) is 0 Å². The van der Waals surface area contributed by atoms with Crippen LogP contribution in [0.5, 0.6) is 0 Å². The summed E-state index contributed by atoms with van der Waals surface area (Å²) in [4.78, 5) is 12.9. The van der Waals surface area contributed by atoms with Gasteiger partial charge in [0.1, 0.15) is 0 Å². The molecule has 2 N–H and O–H groups in total. The van der Waals surface area contributed by atoms with Crippen molar-refractivity contribution < 1.29 is 15.0 Å². The normalized spacial score (nSPS) is 13.4. The van der Waals surface area contributed by atoms with Crippen LogP contribution >= 0.6 is 0 Å². The van der Waals surface area contributed by atoms with Crippen LogP contribution in [0.3, 0.4) is 0 Å². The molecule has 0 saturated heterocycles. The molecule has 30 heavy (non-hydrogen) atoms. The number of aliphatic hydroxyl groups is 1. The second-order valence-corrected chi connectivity index (χ2v) is 7.23. The maximum atomic E-state index is 12.9. The lowest BCUT2D eigenvalue weighted by Crippen LogP contribution is -2.56. The van der Waals surface area contributed by atoms with Crippen molar-refractivity contribution in [1.82, 2.24) is 0 Å². The van der Waals surface area contributed by atoms with E-state index in [9.17, 15) is 15.0 Å². The number of carbonyl (C=O) groups is 1. The molecule has 0 unspecified atom stereocenters. The molecule has 0 amide bonds. The van der Waals surface area contributed by atoms with Crippen LogP contribution in [0.15, 0.2) is 121 Å². The minimum atomic E-state index is -2.27. The number of benzene rings is 4. The maximum Gasteiger partial charge on any atom is 0.342 e. The highest BCUT2D eigenvalue weighted by Crippen LogP contribution is 2.52. The summed E-state index contributed by atoms with van der Waals surface area (Å²) in [5, 5.41) is 22.8. The molecule has 0 aliphatic heterocycles. The molecule has 1 atom stereocenters. The lowest BCUT2D eigenvalue weighted by atomic mass is 9.57. The molecule has 4 rings (SSSR count). The van der Waals surface area contributed by atoms with E-state index in [1.54, 1.807) is 30.3 Å². The van der Waals surface area contributed by atoms with E-state index >= 15 is 0 Å². The molecule has 0 bridgehead atoms. The number of hydrogen-bond donors (Lipinski definition) is 2. The first kappa shape index (κ1) is 19.6. The second-order valence-electron chi connectivity index (χ2n) is 7.23. The van der Waals surface area contributed by atoms with Gasteiger partial charge in [0.2, 0.25) is 5.60 Å². The van der Waals surface area contributed by atoms with Crippen molar-refractivity contribution in [3.8, 4) is 0 Å². The van der Waals surface area contributed by atoms with Gasteiger partial charge in [0, 0.05) is 0 Å². The monoisotopic (exact) mass is 394 g/mol. The summed E-state index contributed by atoms with van der Waals surface area (Å²) >= 11 is 0. The van der Waals surface area contributed by atoms with Crippen LogP contribution in [0.25, 0.3) is 0 Å². The predicted molar refractivity (Wildman–Crippen MR) is 117 cm³/mol. The summed E-state index contributed by atoms with van der Waals surface area (Å²) in [6.45, 7) is 0. The number of aliphatic carboxylic acids is 1. The average Bonchev–Trinajstić information content (AvgIpc) is 2.82. The van der Waals surface area contributed by atoms with Crippen LogP contribution in [-0.4, -0.2) is 16.2 Å². The summed E-state index contributed by atoms with van der Waals surface area (Å²) in [6, 6.07) is 36.7. The first-order valence-electron chi connectivity index (χ1n) is 9.79. The Hall–Kier alpha value is -3.69. The number of carboxylic acids is 1. The van der Waals surface area contributed by atoms with Crippen LogP contribution < -0.4 is 0 Å². The highest BCUT2D eigenvalue weighted by Gasteiger charge is 2.60. The number of rotatable bonds is 6. The third-order valence-electron chi connectivity index (χ3n) is 5.66. The molecule has 0 aliphatic carbocycles. The fourth-order valence-electron chi connectivity index (χ4n) is 4.37. The third-order valence-corrected chi connectivity index (χ3v) is 5.66. The fourth-order valence-corrected chi connectivity index (χ4v) is 4.37. The molecule has 4 aromatic carbocycles. The van der Waals surface area contributed by atoms with E-state index in [0.717, 1.165) is 0 Å². The van der Waals surface area contributed by atoms with Gasteiger partial charge in [-0.05, 0) is 22.3 Å². The summed E-state index contributed by atoms with van der Waals surface area (Å²) < 4.78 is 0. The largest absolute Gasteiger partial charge is 0.479 e. The zero-order chi connectivity index (χ0) is 21.0. The Labute approximate surface area is 175 Å². The quantitative estimate of drug-likeness (QED) is 0.453. The van der Waals surface area contributed by atoms with Crippen molar-refractivity contribution in [2.75, 3.05) is 0 Å². The van der Waals surface area contributed by atoms with Gasteiger partial charge in [-0.2, -0.15) is 0 Å². The minimum Gasteiger partial charge on any atom is -0.479 e. The molecule has 0 spiro atoms. The zero-order valence-electron chi connectivity index (χ0n) is 16.3. The molecule has 0 radical (unpaired) electrons. The van der Waals surface area contributed by atoms with E-state index in [-0.39, 0.29) is 0 Å². The summed E-state index contributed by atoms with van der Waals surface area (Å²) in [5.41, 5.74) is -1.26. The Morgan fingerprint density at radius 3 is 1.03 bits per heavy atom. The summed E-state index contributed by atoms with van der Waals surface area (Å²) in [5.74, 6) is -1.31. The van der Waals surface area contributed by atoms with E-state index < -0.39 is 17.0 Å². The fraction of sp³-hybridized carbons (Fsp3) is 0.0741. The molecule has 3 nitrogen and oxygen atoms in total. The molecule has 0 heterocycles. The van der Waals surface area contributed by atoms with E-state index in [1.807, 2.05) is 91.0 Å².